The number of aliphatic carboxylic acids is 1. The number of carboxylic acid groups (broad SMARTS) is 1. The molecule has 2 rings (SSSR count). The zero-order valence-corrected chi connectivity index (χ0v) is 13.8. The van der Waals surface area contributed by atoms with Gasteiger partial charge in [0, 0.05) is 18.7 Å². The number of hydrogen-bond donors (Lipinski definition) is 2. The minimum Gasteiger partial charge on any atom is -0.481 e. The van der Waals surface area contributed by atoms with Gasteiger partial charge in [0.25, 0.3) is 5.69 Å². The number of nitrogens with one attached hydrogen (secondary N) is 1. The van der Waals surface area contributed by atoms with E-state index in [-0.39, 0.29) is 29.6 Å². The number of rotatable bonds is 6. The molecule has 0 unspecified atom stereocenters. The third-order valence-corrected chi connectivity index (χ3v) is 4.84. The number of benzene rings is 1. The first-order valence-electron chi connectivity index (χ1n) is 7.77. The second-order valence-electron chi connectivity index (χ2n) is 6.13. The monoisotopic (exact) mass is 354 g/mol. The number of carboxylic acids is 1. The molecule has 8 heteroatoms. The maximum absolute atomic E-state index is 12.1. The van der Waals surface area contributed by atoms with Gasteiger partial charge >= 0.3 is 5.97 Å². The molecule has 1 aliphatic rings. The molecule has 0 saturated heterocycles. The average Bonchev–Trinajstić information content (AvgIpc) is 2.55. The zero-order valence-electron chi connectivity index (χ0n) is 13.1. The quantitative estimate of drug-likeness (QED) is 0.603. The summed E-state index contributed by atoms with van der Waals surface area (Å²) < 4.78 is 0. The van der Waals surface area contributed by atoms with Crippen molar-refractivity contribution >= 4 is 29.2 Å². The normalized spacial score (nSPS) is 16.4. The van der Waals surface area contributed by atoms with E-state index in [1.807, 2.05) is 0 Å². The van der Waals surface area contributed by atoms with Gasteiger partial charge in [0.05, 0.1) is 21.8 Å². The van der Waals surface area contributed by atoms with Crippen LogP contribution in [-0.4, -0.2) is 28.5 Å². The van der Waals surface area contributed by atoms with Gasteiger partial charge in [-0.15, -0.1) is 0 Å². The molecule has 1 aromatic rings. The Labute approximate surface area is 144 Å². The van der Waals surface area contributed by atoms with E-state index in [4.69, 9.17) is 11.6 Å². The Bertz CT molecular complexity index is 656. The van der Waals surface area contributed by atoms with E-state index >= 15 is 0 Å². The first-order chi connectivity index (χ1) is 11.3. The lowest BCUT2D eigenvalue weighted by atomic mass is 9.74. The second kappa shape index (κ2) is 7.61. The highest BCUT2D eigenvalue weighted by atomic mass is 35.5. The van der Waals surface area contributed by atoms with Crippen molar-refractivity contribution in [2.45, 2.75) is 38.5 Å². The fraction of sp³-hybridized carbons (Fsp3) is 0.500. The first kappa shape index (κ1) is 18.2. The maximum Gasteiger partial charge on any atom is 0.311 e. The molecular weight excluding hydrogens is 336 g/mol. The molecule has 1 aliphatic carbocycles. The molecule has 0 aromatic heterocycles. The molecule has 7 nitrogen and oxygen atoms in total. The number of carbonyl (C=O) groups excluding carboxylic acids is 1. The van der Waals surface area contributed by atoms with Crippen LogP contribution in [0.4, 0.5) is 5.69 Å². The Morgan fingerprint density at radius 3 is 2.50 bits per heavy atom. The van der Waals surface area contributed by atoms with Crippen LogP contribution in [0.3, 0.4) is 0 Å². The largest absolute Gasteiger partial charge is 0.481 e. The molecular formula is C16H19ClN2O5. The van der Waals surface area contributed by atoms with E-state index in [0.29, 0.717) is 18.4 Å². The highest BCUT2D eigenvalue weighted by Gasteiger charge is 2.39. The third-order valence-electron chi connectivity index (χ3n) is 4.49. The summed E-state index contributed by atoms with van der Waals surface area (Å²) >= 11 is 5.97. The van der Waals surface area contributed by atoms with Gasteiger partial charge in [-0.3, -0.25) is 19.7 Å². The number of hydrogen-bond acceptors (Lipinski definition) is 4. The van der Waals surface area contributed by atoms with Crippen LogP contribution in [0.25, 0.3) is 0 Å². The van der Waals surface area contributed by atoms with Crippen LogP contribution < -0.4 is 5.32 Å². The fourth-order valence-corrected chi connectivity index (χ4v) is 3.23. The molecule has 0 atom stereocenters. The van der Waals surface area contributed by atoms with Crippen LogP contribution in [-0.2, 0) is 16.0 Å². The lowest BCUT2D eigenvalue weighted by Gasteiger charge is -2.33. The lowest BCUT2D eigenvalue weighted by Crippen LogP contribution is -2.44. The van der Waals surface area contributed by atoms with Crippen molar-refractivity contribution in [2.24, 2.45) is 5.41 Å². The molecule has 1 saturated carbocycles. The topological polar surface area (TPSA) is 110 Å². The molecule has 0 bridgehead atoms. The Morgan fingerprint density at radius 2 is 1.96 bits per heavy atom. The molecule has 0 radical (unpaired) electrons. The van der Waals surface area contributed by atoms with Gasteiger partial charge in [-0.25, -0.2) is 0 Å². The molecule has 2 N–H and O–H groups in total. The van der Waals surface area contributed by atoms with Gasteiger partial charge < -0.3 is 10.4 Å². The van der Waals surface area contributed by atoms with Gasteiger partial charge in [-0.05, 0) is 18.4 Å². The van der Waals surface area contributed by atoms with Crippen LogP contribution >= 0.6 is 11.6 Å². The van der Waals surface area contributed by atoms with E-state index < -0.39 is 16.3 Å². The number of carbonyl (C=O) groups is 2. The third kappa shape index (κ3) is 4.23. The molecule has 24 heavy (non-hydrogen) atoms. The standard InChI is InChI=1S/C16H19ClN2O5/c17-13-9-12(19(23)24)5-4-11(13)8-14(20)18-10-16(15(21)22)6-2-1-3-7-16/h4-5,9H,1-3,6-8,10H2,(H,18,20)(H,21,22). The number of halogens is 1. The van der Waals surface area contributed by atoms with Crippen molar-refractivity contribution < 1.29 is 19.6 Å². The summed E-state index contributed by atoms with van der Waals surface area (Å²) in [5.74, 6) is -1.23. The highest BCUT2D eigenvalue weighted by Crippen LogP contribution is 2.36. The molecule has 1 aromatic carbocycles. The van der Waals surface area contributed by atoms with Crippen molar-refractivity contribution in [3.63, 3.8) is 0 Å². The molecule has 0 aliphatic heterocycles. The fourth-order valence-electron chi connectivity index (χ4n) is 2.99. The van der Waals surface area contributed by atoms with Gasteiger partial charge in [-0.2, -0.15) is 0 Å². The van der Waals surface area contributed by atoms with E-state index in [9.17, 15) is 24.8 Å². The number of nitrogens with zero attached hydrogens (tertiary/aromatic N) is 1. The van der Waals surface area contributed by atoms with E-state index in [0.717, 1.165) is 19.3 Å². The Balaban J connectivity index is 1.98. The van der Waals surface area contributed by atoms with Gasteiger partial charge in [0.15, 0.2) is 0 Å². The smallest absolute Gasteiger partial charge is 0.311 e. The predicted molar refractivity (Wildman–Crippen MR) is 88.0 cm³/mol. The van der Waals surface area contributed by atoms with Crippen LogP contribution in [0.15, 0.2) is 18.2 Å². The van der Waals surface area contributed by atoms with Gasteiger partial charge in [0.2, 0.25) is 5.91 Å². The Morgan fingerprint density at radius 1 is 1.29 bits per heavy atom. The van der Waals surface area contributed by atoms with E-state index in [1.54, 1.807) is 0 Å². The summed E-state index contributed by atoms with van der Waals surface area (Å²) in [6.45, 7) is 0.0891. The van der Waals surface area contributed by atoms with Crippen LogP contribution in [0.5, 0.6) is 0 Å². The summed E-state index contributed by atoms with van der Waals surface area (Å²) in [5, 5.41) is 23.0. The minimum atomic E-state index is -0.896. The zero-order chi connectivity index (χ0) is 17.7. The number of nitro benzene ring substituents is 1. The number of nitro groups is 1. The minimum absolute atomic E-state index is 0.0491. The summed E-state index contributed by atoms with van der Waals surface area (Å²) in [6, 6.07) is 3.92. The SMILES string of the molecule is O=C(Cc1ccc([N+](=O)[O-])cc1Cl)NCC1(C(=O)O)CCCCC1. The number of amides is 1. The van der Waals surface area contributed by atoms with Crippen LogP contribution in [0.1, 0.15) is 37.7 Å². The number of non-ortho nitro benzene ring substituents is 1. The van der Waals surface area contributed by atoms with Gasteiger partial charge in [-0.1, -0.05) is 36.9 Å². The summed E-state index contributed by atoms with van der Waals surface area (Å²) in [5.41, 5.74) is -0.573. The first-order valence-corrected chi connectivity index (χ1v) is 8.15. The molecule has 1 fully saturated rings. The Kier molecular flexibility index (Phi) is 5.77. The van der Waals surface area contributed by atoms with Crippen molar-refractivity contribution in [3.8, 4) is 0 Å². The van der Waals surface area contributed by atoms with E-state index in [2.05, 4.69) is 5.32 Å². The second-order valence-corrected chi connectivity index (χ2v) is 6.54. The molecule has 0 heterocycles. The molecule has 130 valence electrons. The van der Waals surface area contributed by atoms with Crippen LogP contribution in [0, 0.1) is 15.5 Å². The van der Waals surface area contributed by atoms with Crippen molar-refractivity contribution in [3.05, 3.63) is 38.9 Å². The maximum atomic E-state index is 12.1. The Hall–Kier alpha value is -2.15. The van der Waals surface area contributed by atoms with E-state index in [1.165, 1.54) is 18.2 Å². The average molecular weight is 355 g/mol. The van der Waals surface area contributed by atoms with Crippen molar-refractivity contribution in [1.82, 2.24) is 5.32 Å². The summed E-state index contributed by atoms with van der Waals surface area (Å²) in [7, 11) is 0. The summed E-state index contributed by atoms with van der Waals surface area (Å²) in [4.78, 5) is 33.8. The molecule has 1 amide bonds. The van der Waals surface area contributed by atoms with Crippen molar-refractivity contribution in [2.75, 3.05) is 6.54 Å². The molecule has 0 spiro atoms. The van der Waals surface area contributed by atoms with Crippen molar-refractivity contribution in [1.29, 1.82) is 0 Å². The van der Waals surface area contributed by atoms with Gasteiger partial charge in [0.1, 0.15) is 0 Å². The predicted octanol–water partition coefficient (Wildman–Crippen LogP) is 2.94. The lowest BCUT2D eigenvalue weighted by molar-refractivity contribution is -0.384. The summed E-state index contributed by atoms with van der Waals surface area (Å²) in [6.07, 6.45) is 3.77. The highest BCUT2D eigenvalue weighted by molar-refractivity contribution is 6.31. The van der Waals surface area contributed by atoms with Crippen LogP contribution in [0.2, 0.25) is 5.02 Å².